The Morgan fingerprint density at radius 3 is 1.27 bits per heavy atom. The number of allylic oxidation sites excluding steroid dienone is 8. The van der Waals surface area contributed by atoms with Gasteiger partial charge in [0.2, 0.25) is 0 Å². The van der Waals surface area contributed by atoms with Gasteiger partial charge in [-0.2, -0.15) is 0 Å². The Kier molecular flexibility index (Phi) is 8.89. The Labute approximate surface area is 199 Å². The molecule has 0 amide bonds. The molecule has 3 heteroatoms. The van der Waals surface area contributed by atoms with Crippen LogP contribution in [-0.4, -0.2) is 3.81 Å². The van der Waals surface area contributed by atoms with E-state index in [2.05, 4.69) is 101 Å². The molecule has 2 aromatic rings. The van der Waals surface area contributed by atoms with Gasteiger partial charge in [0, 0.05) is 0 Å². The molecule has 4 rings (SSSR count). The molecule has 0 saturated carbocycles. The van der Waals surface area contributed by atoms with Crippen LogP contribution < -0.4 is 24.8 Å². The maximum Gasteiger partial charge on any atom is -1.00 e. The van der Waals surface area contributed by atoms with Crippen LogP contribution in [0.15, 0.2) is 103 Å². The number of rotatable bonds is 4. The summed E-state index contributed by atoms with van der Waals surface area (Å²) in [6, 6.07) is 22.3. The van der Waals surface area contributed by atoms with Crippen molar-refractivity contribution in [2.24, 2.45) is 0 Å². The zero-order valence-electron chi connectivity index (χ0n) is 18.1. The molecule has 0 fully saturated rings. The summed E-state index contributed by atoms with van der Waals surface area (Å²) >= 11 is -1.90. The van der Waals surface area contributed by atoms with Crippen LogP contribution in [0.2, 0.25) is 0 Å². The van der Waals surface area contributed by atoms with E-state index in [-0.39, 0.29) is 24.8 Å². The average molecular weight is 471 g/mol. The fourth-order valence-electron chi connectivity index (χ4n) is 4.57. The van der Waals surface area contributed by atoms with E-state index in [9.17, 15) is 0 Å². The molecule has 0 atom stereocenters. The van der Waals surface area contributed by atoms with E-state index in [0.717, 1.165) is 12.8 Å². The molecular weight excluding hydrogens is 443 g/mol. The van der Waals surface area contributed by atoms with E-state index < -0.39 is 17.4 Å². The fourth-order valence-corrected chi connectivity index (χ4v) is 10.4. The van der Waals surface area contributed by atoms with Crippen molar-refractivity contribution in [3.8, 4) is 0 Å². The van der Waals surface area contributed by atoms with Crippen LogP contribution in [0, 0.1) is 0 Å². The van der Waals surface area contributed by atoms with E-state index >= 15 is 0 Å². The van der Waals surface area contributed by atoms with E-state index in [0.29, 0.717) is 0 Å². The number of hydrogen-bond acceptors (Lipinski definition) is 0. The summed E-state index contributed by atoms with van der Waals surface area (Å²) in [5.74, 6) is 0. The molecule has 0 nitrogen and oxygen atoms in total. The largest absolute Gasteiger partial charge is 1.00 e. The van der Waals surface area contributed by atoms with Crippen LogP contribution in [0.4, 0.5) is 0 Å². The molecule has 0 aromatic heterocycles. The summed E-state index contributed by atoms with van der Waals surface area (Å²) in [7, 11) is 0. The summed E-state index contributed by atoms with van der Waals surface area (Å²) in [6.45, 7) is 9.24. The van der Waals surface area contributed by atoms with Crippen molar-refractivity contribution < 1.29 is 42.2 Å². The van der Waals surface area contributed by atoms with Crippen molar-refractivity contribution in [3.63, 3.8) is 0 Å². The first-order chi connectivity index (χ1) is 13.5. The molecule has 0 N–H and O–H groups in total. The van der Waals surface area contributed by atoms with Gasteiger partial charge in [-0.3, -0.25) is 0 Å². The topological polar surface area (TPSA) is 0 Å². The molecular formula is C27H28Cl2Ti. The minimum atomic E-state index is -1.90. The van der Waals surface area contributed by atoms with Crippen molar-refractivity contribution in [1.82, 2.24) is 0 Å². The molecule has 2 aromatic carbocycles. The quantitative estimate of drug-likeness (QED) is 0.587. The second kappa shape index (κ2) is 10.7. The van der Waals surface area contributed by atoms with Gasteiger partial charge in [-0.05, 0) is 0 Å². The number of halogens is 2. The molecule has 0 unspecified atom stereocenters. The van der Waals surface area contributed by atoms with Gasteiger partial charge in [-0.1, -0.05) is 0 Å². The third-order valence-corrected chi connectivity index (χ3v) is 11.1. The molecule has 0 aliphatic heterocycles. The minimum absolute atomic E-state index is 0. The van der Waals surface area contributed by atoms with Crippen molar-refractivity contribution >= 4 is 3.81 Å². The number of hydrogen-bond donors (Lipinski definition) is 0. The maximum absolute atomic E-state index is 2.42. The molecule has 0 bridgehead atoms. The molecule has 0 heterocycles. The molecule has 0 saturated heterocycles. The van der Waals surface area contributed by atoms with Crippen LogP contribution in [0.3, 0.4) is 0 Å². The Morgan fingerprint density at radius 2 is 0.967 bits per heavy atom. The van der Waals surface area contributed by atoms with E-state index in [1.54, 1.807) is 11.6 Å². The van der Waals surface area contributed by atoms with E-state index in [4.69, 9.17) is 0 Å². The second-order valence-electron chi connectivity index (χ2n) is 8.14. The molecule has 2 aliphatic carbocycles. The van der Waals surface area contributed by atoms with Gasteiger partial charge in [0.15, 0.2) is 0 Å². The zero-order chi connectivity index (χ0) is 19.7. The van der Waals surface area contributed by atoms with Crippen LogP contribution in [-0.2, 0) is 17.4 Å². The predicted octanol–water partition coefficient (Wildman–Crippen LogP) is 1.13. The minimum Gasteiger partial charge on any atom is -1.00 e. The monoisotopic (exact) mass is 470 g/mol. The van der Waals surface area contributed by atoms with Crippen LogP contribution in [0.5, 0.6) is 0 Å². The van der Waals surface area contributed by atoms with Crippen LogP contribution in [0.1, 0.15) is 51.7 Å². The Morgan fingerprint density at radius 1 is 0.600 bits per heavy atom. The average Bonchev–Trinajstić information content (AvgIpc) is 3.20. The van der Waals surface area contributed by atoms with E-state index in [1.807, 2.05) is 0 Å². The predicted molar refractivity (Wildman–Crippen MR) is 118 cm³/mol. The van der Waals surface area contributed by atoms with Crippen LogP contribution >= 0.6 is 0 Å². The Hall–Kier alpha value is -1.44. The van der Waals surface area contributed by atoms with Crippen LogP contribution in [0.25, 0.3) is 0 Å². The summed E-state index contributed by atoms with van der Waals surface area (Å²) in [5.41, 5.74) is 8.86. The van der Waals surface area contributed by atoms with Crippen molar-refractivity contribution in [2.75, 3.05) is 0 Å². The Bertz CT molecular complexity index is 983. The second-order valence-corrected chi connectivity index (χ2v) is 12.0. The Balaban J connectivity index is 0.00000160. The fraction of sp³-hybridized carbons (Fsp3) is 0.222. The first-order valence-corrected chi connectivity index (χ1v) is 12.5. The normalized spacial score (nSPS) is 15.0. The summed E-state index contributed by atoms with van der Waals surface area (Å²) in [4.78, 5) is 0. The van der Waals surface area contributed by atoms with Crippen molar-refractivity contribution in [2.45, 2.75) is 40.5 Å². The first-order valence-electron chi connectivity index (χ1n) is 10.1. The molecule has 2 aliphatic rings. The van der Waals surface area contributed by atoms with Gasteiger partial charge in [0.05, 0.1) is 0 Å². The van der Waals surface area contributed by atoms with Crippen molar-refractivity contribution in [1.29, 1.82) is 0 Å². The third-order valence-electron chi connectivity index (χ3n) is 5.77. The van der Waals surface area contributed by atoms with Gasteiger partial charge in [0.1, 0.15) is 0 Å². The van der Waals surface area contributed by atoms with Gasteiger partial charge in [-0.15, -0.1) is 0 Å². The number of benzene rings is 2. The van der Waals surface area contributed by atoms with Gasteiger partial charge in [0.25, 0.3) is 0 Å². The summed E-state index contributed by atoms with van der Waals surface area (Å²) < 4.78 is 5.08. The summed E-state index contributed by atoms with van der Waals surface area (Å²) in [5, 5.41) is 0. The van der Waals surface area contributed by atoms with E-state index in [1.165, 1.54) is 33.4 Å². The smallest absolute Gasteiger partial charge is 1.00 e. The van der Waals surface area contributed by atoms with Gasteiger partial charge >= 0.3 is 176 Å². The van der Waals surface area contributed by atoms with Gasteiger partial charge in [-0.25, -0.2) is 0 Å². The zero-order valence-corrected chi connectivity index (χ0v) is 21.2. The standard InChI is InChI=1S/C13H10.2C7H9.2ClH.Ti/c1-3-7-12(8-4-1)11-13-9-5-2-6-10-13;2*1-6-3-4-7(2)5-6;;;/h1-10H;2*5H,3H2,1-2H3;2*1H;/q;;;;;+2/p-2. The molecule has 30 heavy (non-hydrogen) atoms. The third kappa shape index (κ3) is 5.06. The molecule has 0 radical (unpaired) electrons. The first kappa shape index (κ1) is 24.8. The van der Waals surface area contributed by atoms with Crippen molar-refractivity contribution in [3.05, 3.63) is 114 Å². The molecule has 0 spiro atoms. The maximum atomic E-state index is 2.42. The summed E-state index contributed by atoms with van der Waals surface area (Å²) in [6.07, 6.45) is 7.14. The molecule has 154 valence electrons. The SMILES string of the molecule is CC1=CC(C)=[C]([Ti+2]([C]2=C(C)C=C(C)C2)=[C](c2ccccc2)c2ccccc2)C1.[Cl-].[Cl-]. The van der Waals surface area contributed by atoms with Gasteiger partial charge < -0.3 is 24.8 Å².